The quantitative estimate of drug-likeness (QED) is 0.700. The molecule has 3 rings (SSSR count). The van der Waals surface area contributed by atoms with Crippen LogP contribution in [0.5, 0.6) is 0 Å². The van der Waals surface area contributed by atoms with E-state index in [2.05, 4.69) is 15.1 Å². The average Bonchev–Trinajstić information content (AvgIpc) is 3.16. The molecule has 0 aromatic carbocycles. The first kappa shape index (κ1) is 14.6. The van der Waals surface area contributed by atoms with Crippen LogP contribution in [-0.4, -0.2) is 28.8 Å². The molecule has 0 amide bonds. The highest BCUT2D eigenvalue weighted by molar-refractivity contribution is 7.25. The Balaban J connectivity index is 1.89. The first-order valence-corrected chi connectivity index (χ1v) is 8.23. The number of aromatic nitrogens is 3. The number of ether oxygens (including phenoxy) is 1. The van der Waals surface area contributed by atoms with Gasteiger partial charge in [0.2, 0.25) is 0 Å². The molecule has 3 aromatic heterocycles. The van der Waals surface area contributed by atoms with Crippen molar-refractivity contribution >= 4 is 34.3 Å². The van der Waals surface area contributed by atoms with Gasteiger partial charge < -0.3 is 9.26 Å². The molecule has 0 radical (unpaired) electrons. The van der Waals surface area contributed by atoms with E-state index < -0.39 is 0 Å². The van der Waals surface area contributed by atoms with Crippen molar-refractivity contribution in [2.75, 3.05) is 13.7 Å². The molecule has 21 heavy (non-hydrogen) atoms. The molecule has 0 spiro atoms. The van der Waals surface area contributed by atoms with Crippen molar-refractivity contribution < 1.29 is 9.26 Å². The highest BCUT2D eigenvalue weighted by atomic mass is 35.5. The lowest BCUT2D eigenvalue weighted by Gasteiger charge is -1.90. The normalized spacial score (nSPS) is 11.2. The van der Waals surface area contributed by atoms with Crippen molar-refractivity contribution in [1.29, 1.82) is 0 Å². The van der Waals surface area contributed by atoms with Gasteiger partial charge in [0, 0.05) is 13.5 Å². The first-order chi connectivity index (χ1) is 10.2. The van der Waals surface area contributed by atoms with E-state index in [9.17, 15) is 0 Å². The van der Waals surface area contributed by atoms with Crippen LogP contribution in [-0.2, 0) is 11.2 Å². The number of halogens is 1. The molecule has 0 fully saturated rings. The predicted octanol–water partition coefficient (Wildman–Crippen LogP) is 4.07. The number of methoxy groups -OCH3 is 1. The van der Waals surface area contributed by atoms with Gasteiger partial charge in [-0.15, -0.1) is 22.7 Å². The monoisotopic (exact) mass is 341 g/mol. The molecule has 8 heteroatoms. The fourth-order valence-corrected chi connectivity index (χ4v) is 3.86. The molecule has 110 valence electrons. The van der Waals surface area contributed by atoms with E-state index in [4.69, 9.17) is 20.9 Å². The molecule has 0 saturated carbocycles. The minimum absolute atomic E-state index is 0.505. The lowest BCUT2D eigenvalue weighted by molar-refractivity contribution is 0.199. The van der Waals surface area contributed by atoms with Crippen LogP contribution in [0.4, 0.5) is 0 Å². The van der Waals surface area contributed by atoms with Crippen LogP contribution in [0, 0.1) is 6.92 Å². The van der Waals surface area contributed by atoms with Gasteiger partial charge >= 0.3 is 0 Å². The number of hydrogen-bond donors (Lipinski definition) is 0. The summed E-state index contributed by atoms with van der Waals surface area (Å²) in [6.45, 7) is 2.50. The maximum atomic E-state index is 5.97. The molecule has 3 aromatic rings. The summed E-state index contributed by atoms with van der Waals surface area (Å²) in [6, 6.07) is 3.83. The van der Waals surface area contributed by atoms with Crippen LogP contribution < -0.4 is 0 Å². The molecular formula is C13H12ClN3O2S2. The number of thiophene rings is 1. The molecule has 0 unspecified atom stereocenters. The van der Waals surface area contributed by atoms with Crippen molar-refractivity contribution in [3.05, 3.63) is 28.0 Å². The molecule has 0 saturated heterocycles. The van der Waals surface area contributed by atoms with Crippen molar-refractivity contribution in [1.82, 2.24) is 15.1 Å². The molecule has 3 heterocycles. The van der Waals surface area contributed by atoms with Gasteiger partial charge in [-0.2, -0.15) is 4.98 Å². The summed E-state index contributed by atoms with van der Waals surface area (Å²) in [4.78, 5) is 10.9. The fourth-order valence-electron chi connectivity index (χ4n) is 1.77. The third-order valence-corrected chi connectivity index (χ3v) is 5.32. The Labute approximate surface area is 134 Å². The summed E-state index contributed by atoms with van der Waals surface area (Å²) in [5.74, 6) is 1.14. The van der Waals surface area contributed by atoms with Crippen LogP contribution >= 0.6 is 34.3 Å². The van der Waals surface area contributed by atoms with E-state index in [0.29, 0.717) is 24.7 Å². The van der Waals surface area contributed by atoms with Crippen LogP contribution in [0.1, 0.15) is 11.5 Å². The summed E-state index contributed by atoms with van der Waals surface area (Å²) < 4.78 is 11.1. The Bertz CT molecular complexity index is 750. The Morgan fingerprint density at radius 2 is 2.14 bits per heavy atom. The van der Waals surface area contributed by atoms with Gasteiger partial charge in [-0.05, 0) is 19.1 Å². The molecular weight excluding hydrogens is 330 g/mol. The second-order valence-electron chi connectivity index (χ2n) is 4.30. The average molecular weight is 342 g/mol. The van der Waals surface area contributed by atoms with Gasteiger partial charge in [0.05, 0.1) is 21.5 Å². The zero-order chi connectivity index (χ0) is 14.8. The Hall–Kier alpha value is -1.28. The van der Waals surface area contributed by atoms with Crippen molar-refractivity contribution in [2.24, 2.45) is 0 Å². The molecule has 0 aliphatic rings. The summed E-state index contributed by atoms with van der Waals surface area (Å²) in [7, 11) is 1.65. The van der Waals surface area contributed by atoms with Crippen LogP contribution in [0.25, 0.3) is 20.7 Å². The van der Waals surface area contributed by atoms with Crippen molar-refractivity contribution in [2.45, 2.75) is 13.3 Å². The zero-order valence-electron chi connectivity index (χ0n) is 11.4. The maximum absolute atomic E-state index is 5.97. The van der Waals surface area contributed by atoms with E-state index >= 15 is 0 Å². The fraction of sp³-hybridized carbons (Fsp3) is 0.308. The molecule has 0 atom stereocenters. The number of rotatable bonds is 5. The maximum Gasteiger partial charge on any atom is 0.269 e. The Morgan fingerprint density at radius 1 is 1.29 bits per heavy atom. The van der Waals surface area contributed by atoms with Gasteiger partial charge in [-0.3, -0.25) is 0 Å². The van der Waals surface area contributed by atoms with Crippen molar-refractivity contribution in [3.63, 3.8) is 0 Å². The number of aryl methyl sites for hydroxylation is 1. The topological polar surface area (TPSA) is 61.0 Å². The number of hydrogen-bond acceptors (Lipinski definition) is 7. The van der Waals surface area contributed by atoms with E-state index in [1.807, 2.05) is 19.1 Å². The standard InChI is InChI=1S/C13H12ClN3O2S2/c1-7-11(12-16-10(17-19-12)5-6-18-2)21-13(15-7)8-3-4-9(14)20-8/h3-4H,5-6H2,1-2H3. The highest BCUT2D eigenvalue weighted by Crippen LogP contribution is 2.38. The number of thiazole rings is 1. The largest absolute Gasteiger partial charge is 0.384 e. The Kier molecular flexibility index (Phi) is 4.34. The van der Waals surface area contributed by atoms with Gasteiger partial charge in [0.15, 0.2) is 5.82 Å². The molecule has 0 aliphatic carbocycles. The van der Waals surface area contributed by atoms with E-state index in [0.717, 1.165) is 24.8 Å². The number of nitrogens with zero attached hydrogens (tertiary/aromatic N) is 3. The third kappa shape index (κ3) is 3.16. The lowest BCUT2D eigenvalue weighted by Crippen LogP contribution is -1.96. The van der Waals surface area contributed by atoms with Crippen LogP contribution in [0.15, 0.2) is 16.7 Å². The molecule has 0 N–H and O–H groups in total. The Morgan fingerprint density at radius 3 is 2.86 bits per heavy atom. The van der Waals surface area contributed by atoms with Gasteiger partial charge in [0.1, 0.15) is 9.88 Å². The summed E-state index contributed by atoms with van der Waals surface area (Å²) in [6.07, 6.45) is 0.630. The second-order valence-corrected chi connectivity index (χ2v) is 7.01. The molecule has 5 nitrogen and oxygen atoms in total. The minimum Gasteiger partial charge on any atom is -0.384 e. The highest BCUT2D eigenvalue weighted by Gasteiger charge is 2.17. The van der Waals surface area contributed by atoms with Gasteiger partial charge in [0.25, 0.3) is 5.89 Å². The lowest BCUT2D eigenvalue weighted by atomic mass is 10.4. The predicted molar refractivity (Wildman–Crippen MR) is 84.0 cm³/mol. The minimum atomic E-state index is 0.505. The third-order valence-electron chi connectivity index (χ3n) is 2.77. The smallest absolute Gasteiger partial charge is 0.269 e. The van der Waals surface area contributed by atoms with Crippen molar-refractivity contribution in [3.8, 4) is 20.7 Å². The van der Waals surface area contributed by atoms with E-state index in [1.165, 1.54) is 22.7 Å². The van der Waals surface area contributed by atoms with Crippen LogP contribution in [0.2, 0.25) is 4.34 Å². The van der Waals surface area contributed by atoms with Gasteiger partial charge in [-0.25, -0.2) is 4.98 Å². The molecule has 0 bridgehead atoms. The first-order valence-electron chi connectivity index (χ1n) is 6.22. The SMILES string of the molecule is COCCc1noc(-c2sc(-c3ccc(Cl)s3)nc2C)n1. The summed E-state index contributed by atoms with van der Waals surface area (Å²) in [5.41, 5.74) is 0.876. The second kappa shape index (κ2) is 6.23. The summed E-state index contributed by atoms with van der Waals surface area (Å²) in [5, 5.41) is 4.86. The van der Waals surface area contributed by atoms with Gasteiger partial charge in [-0.1, -0.05) is 16.8 Å². The van der Waals surface area contributed by atoms with Crippen LogP contribution in [0.3, 0.4) is 0 Å². The molecule has 0 aliphatic heterocycles. The summed E-state index contributed by atoms with van der Waals surface area (Å²) >= 11 is 9.00. The van der Waals surface area contributed by atoms with E-state index in [1.54, 1.807) is 7.11 Å². The van der Waals surface area contributed by atoms with E-state index in [-0.39, 0.29) is 0 Å². The zero-order valence-corrected chi connectivity index (χ0v) is 13.8.